The molecule has 0 spiro atoms. The van der Waals surface area contributed by atoms with Crippen molar-refractivity contribution in [3.8, 4) is 0 Å². The molecule has 0 amide bonds. The molecule has 7 heteroatoms. The van der Waals surface area contributed by atoms with E-state index in [0.717, 1.165) is 0 Å². The molecule has 6 nitrogen and oxygen atoms in total. The zero-order valence-electron chi connectivity index (χ0n) is 9.76. The Balaban J connectivity index is 2.56. The Labute approximate surface area is 110 Å². The molecule has 96 valence electrons. The third-order valence-corrected chi connectivity index (χ3v) is 4.21. The normalized spacial score (nSPS) is 10.7. The van der Waals surface area contributed by atoms with Gasteiger partial charge in [-0.25, -0.2) is 8.42 Å². The Morgan fingerprint density at radius 3 is 2.32 bits per heavy atom. The lowest BCUT2D eigenvalue weighted by atomic mass is 10.3. The number of hydrogen-bond acceptors (Lipinski definition) is 4. The molecule has 0 saturated carbocycles. The fourth-order valence-electron chi connectivity index (χ4n) is 1.58. The number of nitrogens with zero attached hydrogens (tertiary/aromatic N) is 3. The highest BCUT2D eigenvalue weighted by Gasteiger charge is 2.17. The zero-order valence-corrected chi connectivity index (χ0v) is 10.6. The van der Waals surface area contributed by atoms with E-state index in [1.807, 2.05) is 0 Å². The smallest absolute Gasteiger partial charge is 0.206 e. The first kappa shape index (κ1) is 12.9. The van der Waals surface area contributed by atoms with E-state index in [1.54, 1.807) is 12.1 Å². The molecule has 0 saturated heterocycles. The third kappa shape index (κ3) is 2.67. The topological polar surface area (TPSA) is 109 Å². The first-order valence-corrected chi connectivity index (χ1v) is 6.78. The van der Waals surface area contributed by atoms with Gasteiger partial charge in [0.1, 0.15) is 0 Å². The molecule has 0 aliphatic rings. The Morgan fingerprint density at radius 2 is 1.68 bits per heavy atom. The number of hydrogen-bond donors (Lipinski definition) is 1. The first-order chi connectivity index (χ1) is 9.04. The molecular formula is C12H10N4O2S. The molecule has 0 aromatic heterocycles. The number of anilines is 1. The third-order valence-electron chi connectivity index (χ3n) is 2.46. The number of sulfone groups is 1. The molecule has 0 unspecified atom stereocenters. The van der Waals surface area contributed by atoms with Gasteiger partial charge in [-0.2, -0.15) is 0 Å². The lowest BCUT2D eigenvalue weighted by molar-refractivity contribution is 0.596. The van der Waals surface area contributed by atoms with Gasteiger partial charge < -0.3 is 5.73 Å². The summed E-state index contributed by atoms with van der Waals surface area (Å²) in [5.41, 5.74) is 14.5. The lowest BCUT2D eigenvalue weighted by Crippen LogP contribution is -2.02. The quantitative estimate of drug-likeness (QED) is 0.402. The molecule has 0 heterocycles. The van der Waals surface area contributed by atoms with Crippen molar-refractivity contribution in [1.82, 2.24) is 0 Å². The van der Waals surface area contributed by atoms with Crippen LogP contribution in [0.25, 0.3) is 10.4 Å². The zero-order chi connectivity index (χ0) is 13.9. The minimum absolute atomic E-state index is 0.0583. The molecule has 0 aliphatic heterocycles. The van der Waals surface area contributed by atoms with Gasteiger partial charge in [-0.1, -0.05) is 23.3 Å². The second-order valence-corrected chi connectivity index (χ2v) is 5.71. The van der Waals surface area contributed by atoms with Gasteiger partial charge in [0.05, 0.1) is 9.79 Å². The van der Waals surface area contributed by atoms with Crippen molar-refractivity contribution in [3.63, 3.8) is 0 Å². The second kappa shape index (κ2) is 5.01. The lowest BCUT2D eigenvalue weighted by Gasteiger charge is -2.05. The number of nitrogens with two attached hydrogens (primary N) is 1. The van der Waals surface area contributed by atoms with E-state index in [0.29, 0.717) is 5.69 Å². The van der Waals surface area contributed by atoms with E-state index >= 15 is 0 Å². The molecule has 2 rings (SSSR count). The van der Waals surface area contributed by atoms with Crippen molar-refractivity contribution in [2.75, 3.05) is 5.73 Å². The highest BCUT2D eigenvalue weighted by Crippen LogP contribution is 2.25. The Bertz CT molecular complexity index is 765. The SMILES string of the molecule is [N-]=[N+]=Nc1cccc(S(=O)(=O)c2cccc(N)c2)c1. The van der Waals surface area contributed by atoms with Crippen LogP contribution in [-0.2, 0) is 9.84 Å². The van der Waals surface area contributed by atoms with Gasteiger partial charge in [-0.3, -0.25) is 0 Å². The molecule has 0 bridgehead atoms. The van der Waals surface area contributed by atoms with Crippen LogP contribution in [0.2, 0.25) is 0 Å². The summed E-state index contributed by atoms with van der Waals surface area (Å²) in [7, 11) is -3.67. The van der Waals surface area contributed by atoms with Crippen LogP contribution >= 0.6 is 0 Å². The summed E-state index contributed by atoms with van der Waals surface area (Å²) in [5, 5.41) is 3.38. The van der Waals surface area contributed by atoms with E-state index in [9.17, 15) is 8.42 Å². The highest BCUT2D eigenvalue weighted by atomic mass is 32.2. The second-order valence-electron chi connectivity index (χ2n) is 3.76. The van der Waals surface area contributed by atoms with Gasteiger partial charge in [-0.15, -0.1) is 0 Å². The molecule has 0 aliphatic carbocycles. The summed E-state index contributed by atoms with van der Waals surface area (Å²) in [5.74, 6) is 0. The van der Waals surface area contributed by atoms with Crippen LogP contribution in [0.3, 0.4) is 0 Å². The maximum absolute atomic E-state index is 12.4. The van der Waals surface area contributed by atoms with Crippen molar-refractivity contribution in [3.05, 3.63) is 59.0 Å². The summed E-state index contributed by atoms with van der Waals surface area (Å²) >= 11 is 0. The van der Waals surface area contributed by atoms with Crippen LogP contribution < -0.4 is 5.73 Å². The van der Waals surface area contributed by atoms with Crippen molar-refractivity contribution < 1.29 is 8.42 Å². The largest absolute Gasteiger partial charge is 0.399 e. The highest BCUT2D eigenvalue weighted by molar-refractivity contribution is 7.91. The summed E-state index contributed by atoms with van der Waals surface area (Å²) in [6, 6.07) is 11.8. The fourth-order valence-corrected chi connectivity index (χ4v) is 2.94. The summed E-state index contributed by atoms with van der Waals surface area (Å²) in [6.07, 6.45) is 0. The molecule has 0 fully saturated rings. The predicted molar refractivity (Wildman–Crippen MR) is 71.6 cm³/mol. The standard InChI is InChI=1S/C12H10N4O2S/c13-9-3-1-5-11(7-9)19(17,18)12-6-2-4-10(8-12)15-16-14/h1-8H,13H2. The maximum atomic E-state index is 12.4. The Hall–Kier alpha value is -2.50. The number of azide groups is 1. The van der Waals surface area contributed by atoms with Crippen LogP contribution in [0.5, 0.6) is 0 Å². The van der Waals surface area contributed by atoms with Gasteiger partial charge in [0.15, 0.2) is 0 Å². The minimum atomic E-state index is -3.67. The summed E-state index contributed by atoms with van der Waals surface area (Å²) in [4.78, 5) is 2.79. The van der Waals surface area contributed by atoms with Crippen LogP contribution in [0.4, 0.5) is 11.4 Å². The number of nitrogen functional groups attached to an aromatic ring is 1. The Kier molecular flexibility index (Phi) is 3.41. The van der Waals surface area contributed by atoms with E-state index in [-0.39, 0.29) is 15.5 Å². The van der Waals surface area contributed by atoms with Crippen molar-refractivity contribution in [2.45, 2.75) is 9.79 Å². The maximum Gasteiger partial charge on any atom is 0.206 e. The first-order valence-electron chi connectivity index (χ1n) is 5.30. The van der Waals surface area contributed by atoms with Crippen LogP contribution in [0.1, 0.15) is 0 Å². The average Bonchev–Trinajstić information content (AvgIpc) is 2.39. The van der Waals surface area contributed by atoms with E-state index in [1.165, 1.54) is 36.4 Å². The van der Waals surface area contributed by atoms with Crippen LogP contribution in [0.15, 0.2) is 63.4 Å². The van der Waals surface area contributed by atoms with Crippen LogP contribution in [-0.4, -0.2) is 8.42 Å². The van der Waals surface area contributed by atoms with E-state index in [2.05, 4.69) is 10.0 Å². The molecule has 2 aromatic carbocycles. The van der Waals surface area contributed by atoms with Crippen molar-refractivity contribution >= 4 is 21.2 Å². The van der Waals surface area contributed by atoms with Gasteiger partial charge in [-0.05, 0) is 35.9 Å². The van der Waals surface area contributed by atoms with Gasteiger partial charge in [0.25, 0.3) is 0 Å². The van der Waals surface area contributed by atoms with Crippen LogP contribution in [0, 0.1) is 0 Å². The molecule has 0 radical (unpaired) electrons. The monoisotopic (exact) mass is 274 g/mol. The number of benzene rings is 2. The average molecular weight is 274 g/mol. The van der Waals surface area contributed by atoms with Crippen molar-refractivity contribution in [1.29, 1.82) is 0 Å². The van der Waals surface area contributed by atoms with Crippen molar-refractivity contribution in [2.24, 2.45) is 5.11 Å². The fraction of sp³-hybridized carbons (Fsp3) is 0. The van der Waals surface area contributed by atoms with Gasteiger partial charge in [0.2, 0.25) is 9.84 Å². The predicted octanol–water partition coefficient (Wildman–Crippen LogP) is 3.04. The molecule has 19 heavy (non-hydrogen) atoms. The number of rotatable bonds is 3. The van der Waals surface area contributed by atoms with Gasteiger partial charge >= 0.3 is 0 Å². The van der Waals surface area contributed by atoms with E-state index < -0.39 is 9.84 Å². The van der Waals surface area contributed by atoms with E-state index in [4.69, 9.17) is 11.3 Å². The minimum Gasteiger partial charge on any atom is -0.399 e. The molecule has 2 aromatic rings. The summed E-state index contributed by atoms with van der Waals surface area (Å²) in [6.45, 7) is 0. The Morgan fingerprint density at radius 1 is 1.05 bits per heavy atom. The molecule has 0 atom stereocenters. The summed E-state index contributed by atoms with van der Waals surface area (Å²) < 4.78 is 24.7. The molecular weight excluding hydrogens is 264 g/mol. The van der Waals surface area contributed by atoms with Gasteiger partial charge in [0, 0.05) is 16.3 Å². The molecule has 2 N–H and O–H groups in total.